The zero-order chi connectivity index (χ0) is 16.4. The second-order valence-corrected chi connectivity index (χ2v) is 7.55. The quantitative estimate of drug-likeness (QED) is 0.573. The van der Waals surface area contributed by atoms with Crippen molar-refractivity contribution >= 4 is 12.0 Å². The molecule has 0 aromatic carbocycles. The van der Waals surface area contributed by atoms with Crippen LogP contribution in [-0.2, 0) is 4.79 Å². The summed E-state index contributed by atoms with van der Waals surface area (Å²) >= 11 is 0. The highest BCUT2D eigenvalue weighted by atomic mass is 16.4. The van der Waals surface area contributed by atoms with Gasteiger partial charge in [-0.3, -0.25) is 4.79 Å². The molecule has 6 heteroatoms. The lowest BCUT2D eigenvalue weighted by Crippen LogP contribution is -2.51. The van der Waals surface area contributed by atoms with Crippen LogP contribution in [0.15, 0.2) is 0 Å². The molecule has 2 unspecified atom stereocenters. The van der Waals surface area contributed by atoms with Crippen LogP contribution < -0.4 is 10.6 Å². The monoisotopic (exact) mass is 324 g/mol. The molecule has 0 bridgehead atoms. The normalized spacial score (nSPS) is 30.3. The third kappa shape index (κ3) is 4.37. The van der Waals surface area contributed by atoms with Gasteiger partial charge < -0.3 is 20.8 Å². The number of carbonyl (C=O) groups is 2. The molecular weight excluding hydrogens is 296 g/mol. The average molecular weight is 324 g/mol. The number of nitrogens with one attached hydrogen (secondary N) is 2. The summed E-state index contributed by atoms with van der Waals surface area (Å²) in [5.41, 5.74) is 0. The number of hydrogen-bond donors (Lipinski definition) is 4. The Morgan fingerprint density at radius 1 is 0.957 bits per heavy atom. The van der Waals surface area contributed by atoms with E-state index in [1.54, 1.807) is 0 Å². The van der Waals surface area contributed by atoms with Crippen LogP contribution in [0.4, 0.5) is 4.79 Å². The van der Waals surface area contributed by atoms with E-state index < -0.39 is 5.97 Å². The van der Waals surface area contributed by atoms with E-state index >= 15 is 0 Å². The Labute approximate surface area is 137 Å². The van der Waals surface area contributed by atoms with Gasteiger partial charge in [0.2, 0.25) is 0 Å². The zero-order valence-electron chi connectivity index (χ0n) is 13.5. The Morgan fingerprint density at radius 3 is 2.04 bits per heavy atom. The largest absolute Gasteiger partial charge is 0.481 e. The van der Waals surface area contributed by atoms with Gasteiger partial charge in [0.15, 0.2) is 0 Å². The maximum absolute atomic E-state index is 12.3. The van der Waals surface area contributed by atoms with Crippen molar-refractivity contribution in [3.8, 4) is 0 Å². The summed E-state index contributed by atoms with van der Waals surface area (Å²) in [4.78, 5) is 23.3. The Bertz CT molecular complexity index is 440. The summed E-state index contributed by atoms with van der Waals surface area (Å²) in [5, 5.41) is 24.8. The Balaban J connectivity index is 1.47. The van der Waals surface area contributed by atoms with E-state index in [1.165, 1.54) is 0 Å². The third-order valence-electron chi connectivity index (χ3n) is 5.74. The molecule has 2 atom stereocenters. The van der Waals surface area contributed by atoms with E-state index in [0.717, 1.165) is 38.5 Å². The van der Waals surface area contributed by atoms with Crippen molar-refractivity contribution in [2.75, 3.05) is 6.61 Å². The molecule has 0 radical (unpaired) electrons. The van der Waals surface area contributed by atoms with Crippen LogP contribution >= 0.6 is 0 Å². The molecule has 4 N–H and O–H groups in total. The van der Waals surface area contributed by atoms with E-state index in [4.69, 9.17) is 5.11 Å². The summed E-state index contributed by atoms with van der Waals surface area (Å²) in [7, 11) is 0. The number of aliphatic hydroxyl groups is 1. The lowest BCUT2D eigenvalue weighted by molar-refractivity contribution is -0.142. The van der Waals surface area contributed by atoms with Crippen LogP contribution in [0.3, 0.4) is 0 Å². The van der Waals surface area contributed by atoms with E-state index in [2.05, 4.69) is 10.6 Å². The molecule has 130 valence electrons. The van der Waals surface area contributed by atoms with Crippen molar-refractivity contribution in [2.24, 2.45) is 23.7 Å². The lowest BCUT2D eigenvalue weighted by atomic mass is 9.86. The second kappa shape index (κ2) is 7.07. The summed E-state index contributed by atoms with van der Waals surface area (Å²) in [6.45, 7) is 0.149. The van der Waals surface area contributed by atoms with Crippen molar-refractivity contribution < 1.29 is 19.8 Å². The molecule has 0 saturated heterocycles. The minimum atomic E-state index is -0.725. The van der Waals surface area contributed by atoms with Crippen molar-refractivity contribution in [1.82, 2.24) is 10.6 Å². The molecule has 3 rings (SSSR count). The number of aliphatic carboxylic acids is 1. The summed E-state index contributed by atoms with van der Waals surface area (Å²) in [6, 6.07) is 0.00147. The van der Waals surface area contributed by atoms with Crippen LogP contribution in [0.1, 0.15) is 51.4 Å². The lowest BCUT2D eigenvalue weighted by Gasteiger charge is -2.30. The molecule has 0 spiro atoms. The SMILES string of the molecule is O=C(NC1CCC(C(=O)O)CC1)NC(C1CC1)C(CO)C1CC1. The van der Waals surface area contributed by atoms with E-state index in [9.17, 15) is 14.7 Å². The number of rotatable bonds is 7. The van der Waals surface area contributed by atoms with E-state index in [-0.39, 0.29) is 36.6 Å². The third-order valence-corrected chi connectivity index (χ3v) is 5.74. The average Bonchev–Trinajstić information content (AvgIpc) is 3.39. The van der Waals surface area contributed by atoms with Gasteiger partial charge in [-0.2, -0.15) is 0 Å². The van der Waals surface area contributed by atoms with E-state index in [1.807, 2.05) is 0 Å². The zero-order valence-corrected chi connectivity index (χ0v) is 13.5. The number of carbonyl (C=O) groups excluding carboxylic acids is 1. The number of carboxylic acids is 1. The number of hydrogen-bond acceptors (Lipinski definition) is 3. The topological polar surface area (TPSA) is 98.7 Å². The highest BCUT2D eigenvalue weighted by molar-refractivity contribution is 5.75. The van der Waals surface area contributed by atoms with Crippen LogP contribution in [0.2, 0.25) is 0 Å². The Morgan fingerprint density at radius 2 is 1.57 bits per heavy atom. The summed E-state index contributed by atoms with van der Waals surface area (Å²) in [6.07, 6.45) is 7.32. The maximum Gasteiger partial charge on any atom is 0.315 e. The highest BCUT2D eigenvalue weighted by Gasteiger charge is 2.44. The van der Waals surface area contributed by atoms with Crippen LogP contribution in [0.5, 0.6) is 0 Å². The maximum atomic E-state index is 12.3. The molecule has 3 aliphatic rings. The molecule has 0 aromatic rings. The van der Waals surface area contributed by atoms with Crippen LogP contribution in [0.25, 0.3) is 0 Å². The smallest absolute Gasteiger partial charge is 0.315 e. The minimum absolute atomic E-state index is 0.0685. The van der Waals surface area contributed by atoms with E-state index in [0.29, 0.717) is 24.7 Å². The predicted octanol–water partition coefficient (Wildman–Crippen LogP) is 1.73. The first-order chi connectivity index (χ1) is 11.1. The Kier molecular flexibility index (Phi) is 5.09. The minimum Gasteiger partial charge on any atom is -0.481 e. The summed E-state index contributed by atoms with van der Waals surface area (Å²) < 4.78 is 0. The first kappa shape index (κ1) is 16.6. The van der Waals surface area contributed by atoms with Crippen molar-refractivity contribution in [3.63, 3.8) is 0 Å². The van der Waals surface area contributed by atoms with Gasteiger partial charge in [0.05, 0.1) is 5.92 Å². The molecule has 0 aromatic heterocycles. The molecule has 3 fully saturated rings. The van der Waals surface area contributed by atoms with Gasteiger partial charge in [-0.05, 0) is 63.2 Å². The molecule has 3 aliphatic carbocycles. The molecule has 0 aliphatic heterocycles. The fraction of sp³-hybridized carbons (Fsp3) is 0.882. The Hall–Kier alpha value is -1.30. The van der Waals surface area contributed by atoms with Gasteiger partial charge in [-0.25, -0.2) is 4.79 Å². The molecule has 2 amide bonds. The van der Waals surface area contributed by atoms with Gasteiger partial charge in [0, 0.05) is 24.6 Å². The number of carboxylic acid groups (broad SMARTS) is 1. The predicted molar refractivity (Wildman–Crippen MR) is 84.9 cm³/mol. The molecule has 0 heterocycles. The number of urea groups is 1. The second-order valence-electron chi connectivity index (χ2n) is 7.55. The summed E-state index contributed by atoms with van der Waals surface area (Å²) in [5.74, 6) is 0.287. The number of amides is 2. The standard InChI is InChI=1S/C17H28N2O4/c20-9-14(10-1-2-10)15(11-3-4-11)19-17(23)18-13-7-5-12(6-8-13)16(21)22/h10-15,20H,1-9H2,(H,21,22)(H2,18,19,23). The van der Waals surface area contributed by atoms with Gasteiger partial charge in [0.1, 0.15) is 0 Å². The fourth-order valence-electron chi connectivity index (χ4n) is 3.97. The van der Waals surface area contributed by atoms with Gasteiger partial charge >= 0.3 is 12.0 Å². The molecule has 23 heavy (non-hydrogen) atoms. The first-order valence-corrected chi connectivity index (χ1v) is 8.99. The molecule has 3 saturated carbocycles. The van der Waals surface area contributed by atoms with Gasteiger partial charge in [0.25, 0.3) is 0 Å². The molecular formula is C17H28N2O4. The number of aliphatic hydroxyl groups excluding tert-OH is 1. The first-order valence-electron chi connectivity index (χ1n) is 8.99. The van der Waals surface area contributed by atoms with Crippen LogP contribution in [0, 0.1) is 23.7 Å². The fourth-order valence-corrected chi connectivity index (χ4v) is 3.97. The van der Waals surface area contributed by atoms with Gasteiger partial charge in [-0.1, -0.05) is 0 Å². The van der Waals surface area contributed by atoms with Crippen molar-refractivity contribution in [3.05, 3.63) is 0 Å². The van der Waals surface area contributed by atoms with Crippen molar-refractivity contribution in [1.29, 1.82) is 0 Å². The van der Waals surface area contributed by atoms with Gasteiger partial charge in [-0.15, -0.1) is 0 Å². The van der Waals surface area contributed by atoms with Crippen LogP contribution in [-0.4, -0.2) is 40.9 Å². The van der Waals surface area contributed by atoms with Crippen molar-refractivity contribution in [2.45, 2.75) is 63.5 Å². The highest BCUT2D eigenvalue weighted by Crippen LogP contribution is 2.44. The molecule has 6 nitrogen and oxygen atoms in total.